The molecule has 0 unspecified atom stereocenters. The Bertz CT molecular complexity index is 553. The fraction of sp³-hybridized carbons (Fsp3) is 0.125. The van der Waals surface area contributed by atoms with E-state index in [9.17, 15) is 14.5 Å². The second-order valence-electron chi connectivity index (χ2n) is 3.03. The first-order valence-electron chi connectivity index (χ1n) is 4.29. The molecule has 2 rings (SSSR count). The third-order valence-corrected chi connectivity index (χ3v) is 2.00. The van der Waals surface area contributed by atoms with Crippen LogP contribution < -0.4 is 0 Å². The first-order chi connectivity index (χ1) is 7.59. The van der Waals surface area contributed by atoms with Gasteiger partial charge in [-0.05, 0) is 23.4 Å². The molecule has 7 nitrogen and oxygen atoms in total. The van der Waals surface area contributed by atoms with Crippen LogP contribution in [0.2, 0.25) is 0 Å². The molecule has 82 valence electrons. The Labute approximate surface area is 88.7 Å². The Balaban J connectivity index is 2.50. The molecule has 0 bridgehead atoms. The maximum atomic E-state index is 13.3. The molecule has 0 aliphatic carbocycles. The van der Waals surface area contributed by atoms with E-state index >= 15 is 0 Å². The van der Waals surface area contributed by atoms with Gasteiger partial charge in [0.05, 0.1) is 10.6 Å². The number of hydrogen-bond acceptors (Lipinski definition) is 5. The second kappa shape index (κ2) is 3.65. The van der Waals surface area contributed by atoms with E-state index in [0.29, 0.717) is 11.5 Å². The van der Waals surface area contributed by atoms with Crippen LogP contribution in [0.4, 0.5) is 10.1 Å². The van der Waals surface area contributed by atoms with Crippen LogP contribution >= 0.6 is 0 Å². The van der Waals surface area contributed by atoms with Crippen molar-refractivity contribution in [3.8, 4) is 5.69 Å². The van der Waals surface area contributed by atoms with Gasteiger partial charge in [-0.1, -0.05) is 0 Å². The number of nitro benzene ring substituents is 1. The highest BCUT2D eigenvalue weighted by atomic mass is 19.1. The molecule has 0 aliphatic rings. The third kappa shape index (κ3) is 1.60. The number of rotatable bonds is 2. The van der Waals surface area contributed by atoms with Crippen LogP contribution in [0.25, 0.3) is 5.69 Å². The normalized spacial score (nSPS) is 10.4. The molecule has 0 amide bonds. The Morgan fingerprint density at radius 1 is 1.50 bits per heavy atom. The molecule has 8 heteroatoms. The van der Waals surface area contributed by atoms with Gasteiger partial charge in [-0.2, -0.15) is 9.07 Å². The number of aromatic nitrogens is 4. The summed E-state index contributed by atoms with van der Waals surface area (Å²) in [5.74, 6) is -0.453. The van der Waals surface area contributed by atoms with E-state index in [1.807, 2.05) is 0 Å². The van der Waals surface area contributed by atoms with Crippen LogP contribution in [0.5, 0.6) is 0 Å². The van der Waals surface area contributed by atoms with Crippen molar-refractivity contribution in [1.82, 2.24) is 20.2 Å². The van der Waals surface area contributed by atoms with Gasteiger partial charge in [-0.3, -0.25) is 10.1 Å². The van der Waals surface area contributed by atoms with Crippen molar-refractivity contribution in [2.45, 2.75) is 6.92 Å². The largest absolute Gasteiger partial charge is 0.304 e. The van der Waals surface area contributed by atoms with Crippen molar-refractivity contribution in [3.05, 3.63) is 40.0 Å². The zero-order valence-electron chi connectivity index (χ0n) is 8.16. The summed E-state index contributed by atoms with van der Waals surface area (Å²) in [5, 5.41) is 21.0. The van der Waals surface area contributed by atoms with Crippen LogP contribution in [-0.2, 0) is 0 Å². The molecule has 0 atom stereocenters. The maximum Gasteiger partial charge on any atom is 0.304 e. The van der Waals surface area contributed by atoms with Crippen molar-refractivity contribution in [2.24, 2.45) is 0 Å². The molecule has 0 saturated heterocycles. The number of aryl methyl sites for hydroxylation is 1. The van der Waals surface area contributed by atoms with Crippen molar-refractivity contribution in [3.63, 3.8) is 0 Å². The van der Waals surface area contributed by atoms with Crippen LogP contribution in [0.1, 0.15) is 5.82 Å². The first-order valence-corrected chi connectivity index (χ1v) is 4.29. The highest BCUT2D eigenvalue weighted by Crippen LogP contribution is 2.19. The maximum absolute atomic E-state index is 13.3. The van der Waals surface area contributed by atoms with Gasteiger partial charge >= 0.3 is 5.69 Å². The summed E-state index contributed by atoms with van der Waals surface area (Å²) in [4.78, 5) is 9.62. The average Bonchev–Trinajstić information content (AvgIpc) is 2.63. The van der Waals surface area contributed by atoms with Crippen molar-refractivity contribution in [2.75, 3.05) is 0 Å². The topological polar surface area (TPSA) is 86.7 Å². The van der Waals surface area contributed by atoms with E-state index in [2.05, 4.69) is 15.5 Å². The Kier molecular flexibility index (Phi) is 2.31. The minimum Gasteiger partial charge on any atom is -0.258 e. The lowest BCUT2D eigenvalue weighted by Gasteiger charge is -2.01. The molecular weight excluding hydrogens is 217 g/mol. The monoisotopic (exact) mass is 223 g/mol. The quantitative estimate of drug-likeness (QED) is 0.560. The molecule has 1 heterocycles. The average molecular weight is 223 g/mol. The van der Waals surface area contributed by atoms with Gasteiger partial charge in [0.15, 0.2) is 5.82 Å². The lowest BCUT2D eigenvalue weighted by Crippen LogP contribution is -2.01. The fourth-order valence-corrected chi connectivity index (χ4v) is 1.25. The number of tetrazole rings is 1. The van der Waals surface area contributed by atoms with Gasteiger partial charge in [-0.25, -0.2) is 0 Å². The minimum absolute atomic E-state index is 0.339. The summed E-state index contributed by atoms with van der Waals surface area (Å²) in [6.07, 6.45) is 0. The standard InChI is InChI=1S/C8H6FN5O2/c1-5-10-11-12-13(5)6-2-3-8(14(15)16)7(9)4-6/h2-4H,1H3. The van der Waals surface area contributed by atoms with Crippen LogP contribution in [0.15, 0.2) is 18.2 Å². The highest BCUT2D eigenvalue weighted by molar-refractivity contribution is 5.41. The lowest BCUT2D eigenvalue weighted by molar-refractivity contribution is -0.387. The predicted molar refractivity (Wildman–Crippen MR) is 50.5 cm³/mol. The van der Waals surface area contributed by atoms with E-state index in [4.69, 9.17) is 0 Å². The van der Waals surface area contributed by atoms with Crippen molar-refractivity contribution >= 4 is 5.69 Å². The van der Waals surface area contributed by atoms with Crippen LogP contribution in [-0.4, -0.2) is 25.1 Å². The van der Waals surface area contributed by atoms with Gasteiger partial charge in [0.1, 0.15) is 0 Å². The molecule has 0 aliphatic heterocycles. The minimum atomic E-state index is -0.919. The molecule has 0 radical (unpaired) electrons. The van der Waals surface area contributed by atoms with Crippen LogP contribution in [0.3, 0.4) is 0 Å². The molecule has 16 heavy (non-hydrogen) atoms. The second-order valence-corrected chi connectivity index (χ2v) is 3.03. The van der Waals surface area contributed by atoms with Gasteiger partial charge in [0.2, 0.25) is 5.82 Å². The summed E-state index contributed by atoms with van der Waals surface area (Å²) < 4.78 is 14.6. The molecule has 0 saturated carbocycles. The zero-order chi connectivity index (χ0) is 11.7. The van der Waals surface area contributed by atoms with Crippen molar-refractivity contribution < 1.29 is 9.31 Å². The molecule has 0 spiro atoms. The summed E-state index contributed by atoms with van der Waals surface area (Å²) in [7, 11) is 0. The molecule has 1 aromatic carbocycles. The van der Waals surface area contributed by atoms with Gasteiger partial charge < -0.3 is 0 Å². The van der Waals surface area contributed by atoms with E-state index in [1.54, 1.807) is 6.92 Å². The predicted octanol–water partition coefficient (Wildman–Crippen LogP) is 1.02. The number of halogens is 1. The Hall–Kier alpha value is -2.38. The van der Waals surface area contributed by atoms with E-state index in [-0.39, 0.29) is 0 Å². The lowest BCUT2D eigenvalue weighted by atomic mass is 10.2. The SMILES string of the molecule is Cc1nnnn1-c1ccc([N+](=O)[O-])c(F)c1. The first kappa shape index (κ1) is 10.1. The van der Waals surface area contributed by atoms with Crippen molar-refractivity contribution in [1.29, 1.82) is 0 Å². The number of hydrogen-bond donors (Lipinski definition) is 0. The number of nitro groups is 1. The number of benzene rings is 1. The molecule has 0 N–H and O–H groups in total. The van der Waals surface area contributed by atoms with Gasteiger partial charge in [0.25, 0.3) is 0 Å². The smallest absolute Gasteiger partial charge is 0.258 e. The summed E-state index contributed by atoms with van der Waals surface area (Å²) in [6.45, 7) is 1.64. The molecular formula is C8H6FN5O2. The summed E-state index contributed by atoms with van der Waals surface area (Å²) in [5.41, 5.74) is -0.236. The van der Waals surface area contributed by atoms with E-state index < -0.39 is 16.4 Å². The zero-order valence-corrected chi connectivity index (χ0v) is 8.16. The fourth-order valence-electron chi connectivity index (χ4n) is 1.25. The molecule has 1 aromatic heterocycles. The van der Waals surface area contributed by atoms with E-state index in [1.165, 1.54) is 10.7 Å². The summed E-state index contributed by atoms with van der Waals surface area (Å²) in [6, 6.07) is 3.47. The molecule has 0 fully saturated rings. The van der Waals surface area contributed by atoms with Crippen LogP contribution in [0, 0.1) is 22.9 Å². The Morgan fingerprint density at radius 2 is 2.25 bits per heavy atom. The van der Waals surface area contributed by atoms with Gasteiger partial charge in [-0.15, -0.1) is 5.10 Å². The van der Waals surface area contributed by atoms with Gasteiger partial charge in [0, 0.05) is 12.1 Å². The third-order valence-electron chi connectivity index (χ3n) is 2.00. The number of nitrogens with zero attached hydrogens (tertiary/aromatic N) is 5. The Morgan fingerprint density at radius 3 is 2.75 bits per heavy atom. The summed E-state index contributed by atoms with van der Waals surface area (Å²) >= 11 is 0. The molecule has 2 aromatic rings. The highest BCUT2D eigenvalue weighted by Gasteiger charge is 2.15. The van der Waals surface area contributed by atoms with E-state index in [0.717, 1.165) is 12.1 Å².